The molecule has 0 fully saturated rings. The predicted molar refractivity (Wildman–Crippen MR) is 48.2 cm³/mol. The average Bonchev–Trinajstić information content (AvgIpc) is 2.46. The van der Waals surface area contributed by atoms with E-state index in [1.165, 1.54) is 0 Å². The first-order valence-electron chi connectivity index (χ1n) is 3.68. The summed E-state index contributed by atoms with van der Waals surface area (Å²) >= 11 is 5.62. The molecule has 3 nitrogen and oxygen atoms in total. The highest BCUT2D eigenvalue weighted by Gasteiger charge is 2.01. The molecule has 4 heteroatoms. The fourth-order valence-electron chi connectivity index (χ4n) is 1.10. The van der Waals surface area contributed by atoms with Crippen LogP contribution in [0.25, 0.3) is 11.2 Å². The molecule has 0 radical (unpaired) electrons. The minimum Gasteiger partial charge on any atom is -0.340 e. The summed E-state index contributed by atoms with van der Waals surface area (Å²) in [5, 5.41) is 0. The summed E-state index contributed by atoms with van der Waals surface area (Å²) in [6, 6.07) is 3.90. The third kappa shape index (κ3) is 1.16. The number of hydrogen-bond acceptors (Lipinski definition) is 2. The fraction of sp³-hybridized carbons (Fsp3) is 0.250. The smallest absolute Gasteiger partial charge is 0.177 e. The lowest BCUT2D eigenvalue weighted by atomic mass is 10.4. The van der Waals surface area contributed by atoms with Crippen molar-refractivity contribution in [2.75, 3.05) is 0 Å². The summed E-state index contributed by atoms with van der Waals surface area (Å²) in [5.74, 6) is 1.17. The molecule has 1 N–H and O–H groups in total. The van der Waals surface area contributed by atoms with E-state index < -0.39 is 0 Å². The van der Waals surface area contributed by atoms with Crippen molar-refractivity contribution >= 4 is 22.8 Å². The largest absolute Gasteiger partial charge is 0.340 e. The standard InChI is InChI=1S/C8H8ClN3/c1-5-2-3-6-8(10-5)12-7(4-9)11-6/h2-3H,4H2,1H3,(H,10,11,12). The summed E-state index contributed by atoms with van der Waals surface area (Å²) in [6.45, 7) is 1.94. The number of H-pyrrole nitrogens is 1. The van der Waals surface area contributed by atoms with E-state index in [1.54, 1.807) is 0 Å². The number of imidazole rings is 1. The Morgan fingerprint density at radius 2 is 2.25 bits per heavy atom. The Bertz CT molecular complexity index is 408. The zero-order chi connectivity index (χ0) is 8.55. The van der Waals surface area contributed by atoms with Gasteiger partial charge in [0, 0.05) is 5.69 Å². The van der Waals surface area contributed by atoms with Crippen molar-refractivity contribution in [2.24, 2.45) is 0 Å². The molecular weight excluding hydrogens is 174 g/mol. The number of fused-ring (bicyclic) bond motifs is 1. The maximum atomic E-state index is 5.62. The number of nitrogens with zero attached hydrogens (tertiary/aromatic N) is 2. The highest BCUT2D eigenvalue weighted by molar-refractivity contribution is 6.16. The van der Waals surface area contributed by atoms with Crippen molar-refractivity contribution in [1.82, 2.24) is 15.0 Å². The van der Waals surface area contributed by atoms with Gasteiger partial charge in [-0.3, -0.25) is 0 Å². The molecule has 2 rings (SSSR count). The summed E-state index contributed by atoms with van der Waals surface area (Å²) in [6.07, 6.45) is 0. The van der Waals surface area contributed by atoms with Crippen LogP contribution in [-0.2, 0) is 5.88 Å². The van der Waals surface area contributed by atoms with Crippen molar-refractivity contribution < 1.29 is 0 Å². The van der Waals surface area contributed by atoms with Crippen LogP contribution in [0.1, 0.15) is 11.5 Å². The van der Waals surface area contributed by atoms with Crippen molar-refractivity contribution in [1.29, 1.82) is 0 Å². The lowest BCUT2D eigenvalue weighted by Gasteiger charge is -1.88. The van der Waals surface area contributed by atoms with E-state index in [0.717, 1.165) is 22.7 Å². The molecule has 0 saturated heterocycles. The first kappa shape index (κ1) is 7.55. The maximum absolute atomic E-state index is 5.62. The Balaban J connectivity index is 2.67. The zero-order valence-corrected chi connectivity index (χ0v) is 7.39. The van der Waals surface area contributed by atoms with Gasteiger partial charge in [-0.25, -0.2) is 9.97 Å². The van der Waals surface area contributed by atoms with Crippen molar-refractivity contribution in [2.45, 2.75) is 12.8 Å². The Morgan fingerprint density at radius 1 is 1.42 bits per heavy atom. The van der Waals surface area contributed by atoms with Crippen LogP contribution in [0.3, 0.4) is 0 Å². The van der Waals surface area contributed by atoms with Crippen LogP contribution in [0.5, 0.6) is 0 Å². The Morgan fingerprint density at radius 3 is 3.00 bits per heavy atom. The number of halogens is 1. The van der Waals surface area contributed by atoms with E-state index in [4.69, 9.17) is 11.6 Å². The number of rotatable bonds is 1. The van der Waals surface area contributed by atoms with Gasteiger partial charge in [-0.2, -0.15) is 0 Å². The van der Waals surface area contributed by atoms with Gasteiger partial charge in [0.15, 0.2) is 5.65 Å². The van der Waals surface area contributed by atoms with Crippen LogP contribution < -0.4 is 0 Å². The third-order valence-corrected chi connectivity index (χ3v) is 1.91. The van der Waals surface area contributed by atoms with Gasteiger partial charge in [0.2, 0.25) is 0 Å². The first-order valence-corrected chi connectivity index (χ1v) is 4.21. The molecule has 2 aromatic rings. The van der Waals surface area contributed by atoms with Crippen molar-refractivity contribution in [3.63, 3.8) is 0 Å². The van der Waals surface area contributed by atoms with Crippen LogP contribution in [0.4, 0.5) is 0 Å². The summed E-state index contributed by atoms with van der Waals surface area (Å²) in [4.78, 5) is 11.5. The molecule has 0 aliphatic heterocycles. The van der Waals surface area contributed by atoms with Crippen LogP contribution in [-0.4, -0.2) is 15.0 Å². The average molecular weight is 182 g/mol. The van der Waals surface area contributed by atoms with Gasteiger partial charge >= 0.3 is 0 Å². The molecule has 0 aliphatic rings. The molecule has 0 spiro atoms. The number of pyridine rings is 1. The minimum atomic E-state index is 0.398. The second-order valence-electron chi connectivity index (χ2n) is 2.64. The highest BCUT2D eigenvalue weighted by atomic mass is 35.5. The van der Waals surface area contributed by atoms with Gasteiger partial charge in [-0.15, -0.1) is 11.6 Å². The number of alkyl halides is 1. The molecule has 12 heavy (non-hydrogen) atoms. The van der Waals surface area contributed by atoms with Crippen LogP contribution in [0.2, 0.25) is 0 Å². The molecule has 2 aromatic heterocycles. The molecule has 0 atom stereocenters. The lowest BCUT2D eigenvalue weighted by Crippen LogP contribution is -1.80. The fourth-order valence-corrected chi connectivity index (χ4v) is 1.23. The third-order valence-electron chi connectivity index (χ3n) is 1.66. The highest BCUT2D eigenvalue weighted by Crippen LogP contribution is 2.10. The van der Waals surface area contributed by atoms with Gasteiger partial charge in [-0.1, -0.05) is 0 Å². The normalized spacial score (nSPS) is 10.8. The van der Waals surface area contributed by atoms with E-state index in [1.807, 2.05) is 19.1 Å². The number of aromatic nitrogens is 3. The van der Waals surface area contributed by atoms with Crippen LogP contribution in [0.15, 0.2) is 12.1 Å². The SMILES string of the molecule is Cc1ccc2[nH]c(CCl)nc2n1. The Hall–Kier alpha value is -1.09. The van der Waals surface area contributed by atoms with Gasteiger partial charge in [0.05, 0.1) is 11.4 Å². The molecule has 2 heterocycles. The van der Waals surface area contributed by atoms with E-state index >= 15 is 0 Å². The first-order chi connectivity index (χ1) is 5.79. The van der Waals surface area contributed by atoms with E-state index in [-0.39, 0.29) is 0 Å². The number of hydrogen-bond donors (Lipinski definition) is 1. The van der Waals surface area contributed by atoms with Crippen molar-refractivity contribution in [3.8, 4) is 0 Å². The number of aromatic amines is 1. The van der Waals surface area contributed by atoms with Gasteiger partial charge < -0.3 is 4.98 Å². The molecule has 0 saturated carbocycles. The van der Waals surface area contributed by atoms with Gasteiger partial charge in [0.1, 0.15) is 5.82 Å². The van der Waals surface area contributed by atoms with E-state index in [0.29, 0.717) is 5.88 Å². The summed E-state index contributed by atoms with van der Waals surface area (Å²) in [7, 11) is 0. The Labute approximate surface area is 74.8 Å². The molecule has 62 valence electrons. The molecule has 0 unspecified atom stereocenters. The lowest BCUT2D eigenvalue weighted by molar-refractivity contribution is 1.12. The quantitative estimate of drug-likeness (QED) is 0.684. The topological polar surface area (TPSA) is 41.6 Å². The number of aryl methyl sites for hydroxylation is 1. The van der Waals surface area contributed by atoms with Crippen LogP contribution in [0, 0.1) is 6.92 Å². The zero-order valence-electron chi connectivity index (χ0n) is 6.63. The summed E-state index contributed by atoms with van der Waals surface area (Å²) in [5.41, 5.74) is 2.65. The monoisotopic (exact) mass is 181 g/mol. The second-order valence-corrected chi connectivity index (χ2v) is 2.91. The van der Waals surface area contributed by atoms with Crippen molar-refractivity contribution in [3.05, 3.63) is 23.7 Å². The predicted octanol–water partition coefficient (Wildman–Crippen LogP) is 2.01. The number of nitrogens with one attached hydrogen (secondary N) is 1. The van der Waals surface area contributed by atoms with Crippen LogP contribution >= 0.6 is 11.6 Å². The van der Waals surface area contributed by atoms with E-state index in [9.17, 15) is 0 Å². The molecular formula is C8H8ClN3. The second kappa shape index (κ2) is 2.75. The molecule has 0 aliphatic carbocycles. The molecule has 0 amide bonds. The Kier molecular flexibility index (Phi) is 1.73. The molecule has 0 aromatic carbocycles. The molecule has 0 bridgehead atoms. The van der Waals surface area contributed by atoms with Gasteiger partial charge in [-0.05, 0) is 19.1 Å². The minimum absolute atomic E-state index is 0.398. The maximum Gasteiger partial charge on any atom is 0.177 e. The van der Waals surface area contributed by atoms with Gasteiger partial charge in [0.25, 0.3) is 0 Å². The van der Waals surface area contributed by atoms with E-state index in [2.05, 4.69) is 15.0 Å². The summed E-state index contributed by atoms with van der Waals surface area (Å²) < 4.78 is 0.